The molecule has 0 fully saturated rings. The zero-order valence-corrected chi connectivity index (χ0v) is 11.3. The van der Waals surface area contributed by atoms with Crippen molar-refractivity contribution in [2.45, 2.75) is 6.54 Å². The van der Waals surface area contributed by atoms with Crippen molar-refractivity contribution in [1.29, 1.82) is 0 Å². The first kappa shape index (κ1) is 12.6. The summed E-state index contributed by atoms with van der Waals surface area (Å²) in [5.41, 5.74) is 1.13. The number of aromatic nitrogens is 4. The molecule has 2 heterocycles. The van der Waals surface area contributed by atoms with Gasteiger partial charge in [0.15, 0.2) is 5.82 Å². The number of hydrogen-bond donors (Lipinski definition) is 1. The van der Waals surface area contributed by atoms with Crippen LogP contribution in [0.1, 0.15) is 5.56 Å². The molecule has 5 nitrogen and oxygen atoms in total. The van der Waals surface area contributed by atoms with Crippen molar-refractivity contribution < 1.29 is 0 Å². The van der Waals surface area contributed by atoms with Crippen LogP contribution in [0.5, 0.6) is 0 Å². The van der Waals surface area contributed by atoms with Gasteiger partial charge in [-0.05, 0) is 23.8 Å². The molecule has 20 heavy (non-hydrogen) atoms. The van der Waals surface area contributed by atoms with Crippen LogP contribution < -0.4 is 5.32 Å². The van der Waals surface area contributed by atoms with E-state index in [-0.39, 0.29) is 0 Å². The van der Waals surface area contributed by atoms with Crippen LogP contribution in [0.4, 0.5) is 5.82 Å². The molecule has 2 aromatic heterocycles. The molecule has 0 unspecified atom stereocenters. The highest BCUT2D eigenvalue weighted by atomic mass is 35.5. The Morgan fingerprint density at radius 2 is 2.00 bits per heavy atom. The molecule has 0 saturated heterocycles. The van der Waals surface area contributed by atoms with Gasteiger partial charge in [0.25, 0.3) is 0 Å². The molecule has 0 radical (unpaired) electrons. The number of nitrogens with one attached hydrogen (secondary N) is 1. The summed E-state index contributed by atoms with van der Waals surface area (Å²) in [5.74, 6) is 1.38. The lowest BCUT2D eigenvalue weighted by Gasteiger charge is -2.07. The molecule has 1 N–H and O–H groups in total. The Morgan fingerprint density at radius 1 is 1.15 bits per heavy atom. The predicted molar refractivity (Wildman–Crippen MR) is 77.9 cm³/mol. The Kier molecular flexibility index (Phi) is 3.60. The maximum Gasteiger partial charge on any atom is 0.173 e. The monoisotopic (exact) mass is 285 g/mol. The van der Waals surface area contributed by atoms with Crippen LogP contribution in [0.15, 0.2) is 55.1 Å². The molecule has 3 rings (SSSR count). The van der Waals surface area contributed by atoms with Crippen LogP contribution in [0.2, 0.25) is 5.02 Å². The topological polar surface area (TPSA) is 55.6 Å². The van der Waals surface area contributed by atoms with E-state index >= 15 is 0 Å². The number of anilines is 1. The molecule has 0 amide bonds. The van der Waals surface area contributed by atoms with Gasteiger partial charge >= 0.3 is 0 Å². The summed E-state index contributed by atoms with van der Waals surface area (Å²) in [6.45, 7) is 0.661. The van der Waals surface area contributed by atoms with Crippen LogP contribution in [0, 0.1) is 0 Å². The number of benzene rings is 1. The Hall–Kier alpha value is -2.40. The third-order valence-electron chi connectivity index (χ3n) is 2.75. The third-order valence-corrected chi connectivity index (χ3v) is 3.00. The van der Waals surface area contributed by atoms with Gasteiger partial charge in [0.1, 0.15) is 5.82 Å². The highest BCUT2D eigenvalue weighted by Gasteiger charge is 2.01. The van der Waals surface area contributed by atoms with Crippen molar-refractivity contribution >= 4 is 17.4 Å². The highest BCUT2D eigenvalue weighted by molar-refractivity contribution is 6.30. The van der Waals surface area contributed by atoms with Gasteiger partial charge in [-0.25, -0.2) is 9.67 Å². The Morgan fingerprint density at radius 3 is 2.75 bits per heavy atom. The lowest BCUT2D eigenvalue weighted by Crippen LogP contribution is -2.05. The third kappa shape index (κ3) is 2.95. The molecule has 1 aromatic carbocycles. The summed E-state index contributed by atoms with van der Waals surface area (Å²) >= 11 is 5.85. The van der Waals surface area contributed by atoms with Crippen LogP contribution in [0.25, 0.3) is 5.82 Å². The van der Waals surface area contributed by atoms with E-state index in [1.807, 2.05) is 36.5 Å². The molecule has 0 saturated carbocycles. The van der Waals surface area contributed by atoms with Gasteiger partial charge in [-0.2, -0.15) is 5.10 Å². The fraction of sp³-hybridized carbons (Fsp3) is 0.0714. The zero-order valence-electron chi connectivity index (χ0n) is 10.6. The summed E-state index contributed by atoms with van der Waals surface area (Å²) < 4.78 is 1.67. The average molecular weight is 286 g/mol. The Balaban J connectivity index is 1.72. The van der Waals surface area contributed by atoms with E-state index in [1.165, 1.54) is 0 Å². The van der Waals surface area contributed by atoms with Crippen molar-refractivity contribution in [3.63, 3.8) is 0 Å². The van der Waals surface area contributed by atoms with Gasteiger partial charge in [0.05, 0.1) is 12.4 Å². The first-order valence-corrected chi connectivity index (χ1v) is 6.49. The molecule has 0 atom stereocenters. The fourth-order valence-corrected chi connectivity index (χ4v) is 1.88. The van der Waals surface area contributed by atoms with Crippen molar-refractivity contribution in [2.75, 3.05) is 5.32 Å². The molecular formula is C14H12ClN5. The number of rotatable bonds is 4. The second-order valence-corrected chi connectivity index (χ2v) is 4.63. The van der Waals surface area contributed by atoms with Crippen LogP contribution >= 0.6 is 11.6 Å². The van der Waals surface area contributed by atoms with Crippen molar-refractivity contribution in [3.05, 3.63) is 65.7 Å². The average Bonchev–Trinajstić information content (AvgIpc) is 3.01. The lowest BCUT2D eigenvalue weighted by atomic mass is 10.2. The molecule has 0 spiro atoms. The van der Waals surface area contributed by atoms with Crippen molar-refractivity contribution in [3.8, 4) is 5.82 Å². The van der Waals surface area contributed by atoms with E-state index in [9.17, 15) is 0 Å². The van der Waals surface area contributed by atoms with E-state index in [0.29, 0.717) is 18.2 Å². The summed E-state index contributed by atoms with van der Waals surface area (Å²) in [7, 11) is 0. The van der Waals surface area contributed by atoms with Crippen LogP contribution in [-0.4, -0.2) is 19.7 Å². The molecule has 0 bridgehead atoms. The van der Waals surface area contributed by atoms with Crippen molar-refractivity contribution in [2.24, 2.45) is 0 Å². The van der Waals surface area contributed by atoms with E-state index < -0.39 is 0 Å². The highest BCUT2D eigenvalue weighted by Crippen LogP contribution is 2.11. The van der Waals surface area contributed by atoms with Crippen LogP contribution in [0.3, 0.4) is 0 Å². The Labute approximate surface area is 121 Å². The zero-order chi connectivity index (χ0) is 13.8. The molecule has 100 valence electrons. The van der Waals surface area contributed by atoms with Crippen LogP contribution in [-0.2, 0) is 6.54 Å². The smallest absolute Gasteiger partial charge is 0.173 e. The largest absolute Gasteiger partial charge is 0.365 e. The second kappa shape index (κ2) is 5.71. The molecule has 0 aliphatic carbocycles. The SMILES string of the molecule is Clc1ccc(CNc2cncc(-n3cccn3)n2)cc1. The Bertz CT molecular complexity index is 679. The number of nitrogens with zero attached hydrogens (tertiary/aromatic N) is 4. The standard InChI is InChI=1S/C14H12ClN5/c15-12-4-2-11(3-5-12)8-17-13-9-16-10-14(19-13)20-7-1-6-18-20/h1-7,9-10H,8H2,(H,17,19). The minimum Gasteiger partial charge on any atom is -0.365 e. The van der Waals surface area contributed by atoms with E-state index in [0.717, 1.165) is 10.6 Å². The van der Waals surface area contributed by atoms with E-state index in [4.69, 9.17) is 11.6 Å². The summed E-state index contributed by atoms with van der Waals surface area (Å²) in [6.07, 6.45) is 6.88. The maximum atomic E-state index is 5.85. The van der Waals surface area contributed by atoms with Gasteiger partial charge < -0.3 is 5.32 Å². The molecular weight excluding hydrogens is 274 g/mol. The van der Waals surface area contributed by atoms with Gasteiger partial charge in [-0.3, -0.25) is 4.98 Å². The van der Waals surface area contributed by atoms with Gasteiger partial charge in [-0.1, -0.05) is 23.7 Å². The van der Waals surface area contributed by atoms with Gasteiger partial charge in [0.2, 0.25) is 0 Å². The molecule has 6 heteroatoms. The first-order valence-electron chi connectivity index (χ1n) is 6.12. The maximum absolute atomic E-state index is 5.85. The quantitative estimate of drug-likeness (QED) is 0.801. The predicted octanol–water partition coefficient (Wildman–Crippen LogP) is 2.93. The fourth-order valence-electron chi connectivity index (χ4n) is 1.75. The minimum atomic E-state index is 0.661. The van der Waals surface area contributed by atoms with Crippen molar-refractivity contribution in [1.82, 2.24) is 19.7 Å². The number of hydrogen-bond acceptors (Lipinski definition) is 4. The van der Waals surface area contributed by atoms with Gasteiger partial charge in [0, 0.05) is 24.0 Å². The summed E-state index contributed by atoms with van der Waals surface area (Å²) in [4.78, 5) is 8.61. The summed E-state index contributed by atoms with van der Waals surface area (Å²) in [6, 6.07) is 9.52. The summed E-state index contributed by atoms with van der Waals surface area (Å²) in [5, 5.41) is 8.08. The lowest BCUT2D eigenvalue weighted by molar-refractivity contribution is 0.837. The molecule has 3 aromatic rings. The van der Waals surface area contributed by atoms with E-state index in [1.54, 1.807) is 23.3 Å². The second-order valence-electron chi connectivity index (χ2n) is 4.19. The molecule has 0 aliphatic heterocycles. The van der Waals surface area contributed by atoms with E-state index in [2.05, 4.69) is 20.4 Å². The minimum absolute atomic E-state index is 0.661. The normalized spacial score (nSPS) is 10.4. The first-order chi connectivity index (χ1) is 9.81. The number of halogens is 1. The van der Waals surface area contributed by atoms with Gasteiger partial charge in [-0.15, -0.1) is 0 Å². The molecule has 0 aliphatic rings.